The largest absolute Gasteiger partial charge is 0.280 e. The topological polar surface area (TPSA) is 59.1 Å². The Hall–Kier alpha value is -1.89. The molecule has 4 nitrogen and oxygen atoms in total. The lowest BCUT2D eigenvalue weighted by Gasteiger charge is -2.10. The van der Waals surface area contributed by atoms with Gasteiger partial charge in [0.1, 0.15) is 0 Å². The number of aromatic nitrogens is 1. The molecule has 1 aromatic heterocycles. The number of benzene rings is 2. The minimum atomic E-state index is -3.61. The van der Waals surface area contributed by atoms with E-state index in [1.54, 1.807) is 60.8 Å². The van der Waals surface area contributed by atoms with Crippen molar-refractivity contribution in [2.45, 2.75) is 11.8 Å². The average molecular weight is 438 g/mol. The Labute approximate surface area is 160 Å². The van der Waals surface area contributed by atoms with Gasteiger partial charge in [-0.25, -0.2) is 8.42 Å². The van der Waals surface area contributed by atoms with Crippen LogP contribution in [0.2, 0.25) is 5.02 Å². The van der Waals surface area contributed by atoms with Crippen LogP contribution in [0.1, 0.15) is 5.56 Å². The van der Waals surface area contributed by atoms with Crippen LogP contribution in [0.15, 0.2) is 70.2 Å². The fourth-order valence-electron chi connectivity index (χ4n) is 2.25. The SMILES string of the molecule is Cc1ccc(S(=O)(=O)Nc2ccc(-c3ncc(Cl)cc3Br)cc2)cc1. The van der Waals surface area contributed by atoms with Crippen molar-refractivity contribution in [2.24, 2.45) is 0 Å². The molecule has 0 radical (unpaired) electrons. The van der Waals surface area contributed by atoms with E-state index in [4.69, 9.17) is 11.6 Å². The second kappa shape index (κ2) is 7.15. The van der Waals surface area contributed by atoms with Gasteiger partial charge >= 0.3 is 0 Å². The first-order valence-electron chi connectivity index (χ1n) is 7.36. The molecule has 0 bridgehead atoms. The van der Waals surface area contributed by atoms with Crippen molar-refractivity contribution in [3.63, 3.8) is 0 Å². The molecule has 0 saturated carbocycles. The van der Waals surface area contributed by atoms with Crippen LogP contribution in [0.5, 0.6) is 0 Å². The van der Waals surface area contributed by atoms with Crippen LogP contribution in [0.3, 0.4) is 0 Å². The maximum Gasteiger partial charge on any atom is 0.261 e. The van der Waals surface area contributed by atoms with Crippen LogP contribution in [0.25, 0.3) is 11.3 Å². The molecule has 2 aromatic carbocycles. The zero-order valence-corrected chi connectivity index (χ0v) is 16.4. The zero-order valence-electron chi connectivity index (χ0n) is 13.2. The molecule has 25 heavy (non-hydrogen) atoms. The first kappa shape index (κ1) is 17.9. The van der Waals surface area contributed by atoms with E-state index in [0.29, 0.717) is 10.7 Å². The van der Waals surface area contributed by atoms with Gasteiger partial charge in [0.05, 0.1) is 15.6 Å². The Bertz CT molecular complexity index is 1000. The molecular weight excluding hydrogens is 424 g/mol. The molecular formula is C18H14BrClN2O2S. The molecule has 1 heterocycles. The van der Waals surface area contributed by atoms with Crippen molar-refractivity contribution < 1.29 is 8.42 Å². The predicted molar refractivity (Wildman–Crippen MR) is 104 cm³/mol. The minimum absolute atomic E-state index is 0.226. The Balaban J connectivity index is 1.84. The van der Waals surface area contributed by atoms with Gasteiger partial charge in [-0.3, -0.25) is 9.71 Å². The molecule has 0 unspecified atom stereocenters. The number of hydrogen-bond donors (Lipinski definition) is 1. The van der Waals surface area contributed by atoms with E-state index in [1.807, 2.05) is 6.92 Å². The summed E-state index contributed by atoms with van der Waals surface area (Å²) in [6, 6.07) is 15.5. The number of nitrogens with one attached hydrogen (secondary N) is 1. The van der Waals surface area contributed by atoms with Gasteiger partial charge in [0, 0.05) is 21.9 Å². The van der Waals surface area contributed by atoms with Gasteiger partial charge in [0.15, 0.2) is 0 Å². The Morgan fingerprint density at radius 3 is 2.28 bits per heavy atom. The van der Waals surface area contributed by atoms with E-state index in [9.17, 15) is 8.42 Å². The maximum absolute atomic E-state index is 12.4. The second-order valence-corrected chi connectivity index (χ2v) is 8.45. The van der Waals surface area contributed by atoms with E-state index in [1.165, 1.54) is 0 Å². The number of sulfonamides is 1. The molecule has 128 valence electrons. The van der Waals surface area contributed by atoms with E-state index in [0.717, 1.165) is 21.3 Å². The molecule has 0 spiro atoms. The van der Waals surface area contributed by atoms with E-state index < -0.39 is 10.0 Å². The van der Waals surface area contributed by atoms with E-state index in [2.05, 4.69) is 25.6 Å². The van der Waals surface area contributed by atoms with Crippen molar-refractivity contribution in [2.75, 3.05) is 4.72 Å². The molecule has 0 aliphatic heterocycles. The third-order valence-electron chi connectivity index (χ3n) is 3.55. The summed E-state index contributed by atoms with van der Waals surface area (Å²) in [7, 11) is -3.61. The summed E-state index contributed by atoms with van der Waals surface area (Å²) < 4.78 is 28.2. The van der Waals surface area contributed by atoms with E-state index in [-0.39, 0.29) is 4.90 Å². The Kier molecular flexibility index (Phi) is 5.13. The number of hydrogen-bond acceptors (Lipinski definition) is 3. The third-order valence-corrected chi connectivity index (χ3v) is 5.76. The van der Waals surface area contributed by atoms with Crippen LogP contribution in [0, 0.1) is 6.92 Å². The number of pyridine rings is 1. The van der Waals surface area contributed by atoms with Crippen LogP contribution in [0.4, 0.5) is 5.69 Å². The monoisotopic (exact) mass is 436 g/mol. The highest BCUT2D eigenvalue weighted by molar-refractivity contribution is 9.10. The normalized spacial score (nSPS) is 11.3. The Morgan fingerprint density at radius 2 is 1.68 bits per heavy atom. The molecule has 1 N–H and O–H groups in total. The minimum Gasteiger partial charge on any atom is -0.280 e. The number of halogens is 2. The summed E-state index contributed by atoms with van der Waals surface area (Å²) in [6.07, 6.45) is 1.57. The van der Waals surface area contributed by atoms with Gasteiger partial charge in [0.25, 0.3) is 10.0 Å². The summed E-state index contributed by atoms with van der Waals surface area (Å²) in [4.78, 5) is 4.52. The maximum atomic E-state index is 12.4. The number of rotatable bonds is 4. The van der Waals surface area contributed by atoms with Gasteiger partial charge in [-0.2, -0.15) is 0 Å². The fraction of sp³-hybridized carbons (Fsp3) is 0.0556. The lowest BCUT2D eigenvalue weighted by atomic mass is 10.1. The average Bonchev–Trinajstić information content (AvgIpc) is 2.56. The van der Waals surface area contributed by atoms with Crippen LogP contribution in [-0.2, 0) is 10.0 Å². The second-order valence-electron chi connectivity index (χ2n) is 5.48. The summed E-state index contributed by atoms with van der Waals surface area (Å²) in [5, 5.41) is 0.540. The van der Waals surface area contributed by atoms with Crippen molar-refractivity contribution in [1.82, 2.24) is 4.98 Å². The number of nitrogens with zero attached hydrogens (tertiary/aromatic N) is 1. The lowest BCUT2D eigenvalue weighted by molar-refractivity contribution is 0.601. The van der Waals surface area contributed by atoms with Crippen LogP contribution >= 0.6 is 27.5 Å². The van der Waals surface area contributed by atoms with Crippen LogP contribution < -0.4 is 4.72 Å². The smallest absolute Gasteiger partial charge is 0.261 e. The molecule has 3 rings (SSSR count). The standard InChI is InChI=1S/C18H14BrClN2O2S/c1-12-2-8-16(9-3-12)25(23,24)22-15-6-4-13(5-7-15)18-17(19)10-14(20)11-21-18/h2-11,22H,1H3. The molecule has 0 aliphatic rings. The highest BCUT2D eigenvalue weighted by Gasteiger charge is 2.14. The molecule has 0 aliphatic carbocycles. The van der Waals surface area contributed by atoms with Crippen molar-refractivity contribution in [1.29, 1.82) is 0 Å². The number of aryl methyl sites for hydroxylation is 1. The van der Waals surface area contributed by atoms with Crippen molar-refractivity contribution in [3.8, 4) is 11.3 Å². The predicted octanol–water partition coefficient (Wildman–Crippen LogP) is 5.27. The fourth-order valence-corrected chi connectivity index (χ4v) is 4.18. The Morgan fingerprint density at radius 1 is 1.04 bits per heavy atom. The van der Waals surface area contributed by atoms with Gasteiger partial charge in [0.2, 0.25) is 0 Å². The highest BCUT2D eigenvalue weighted by Crippen LogP contribution is 2.29. The molecule has 0 fully saturated rings. The third kappa shape index (κ3) is 4.21. The molecule has 7 heteroatoms. The summed E-state index contributed by atoms with van der Waals surface area (Å²) in [6.45, 7) is 1.91. The van der Waals surface area contributed by atoms with Gasteiger partial charge in [-0.1, -0.05) is 41.4 Å². The molecule has 3 aromatic rings. The molecule has 0 saturated heterocycles. The van der Waals surface area contributed by atoms with Crippen molar-refractivity contribution >= 4 is 43.2 Å². The van der Waals surface area contributed by atoms with Crippen molar-refractivity contribution in [3.05, 3.63) is 75.9 Å². The first-order valence-corrected chi connectivity index (χ1v) is 10.0. The van der Waals surface area contributed by atoms with Gasteiger partial charge < -0.3 is 0 Å². The zero-order chi connectivity index (χ0) is 18.0. The first-order chi connectivity index (χ1) is 11.8. The van der Waals surface area contributed by atoms with E-state index >= 15 is 0 Å². The number of anilines is 1. The summed E-state index contributed by atoms with van der Waals surface area (Å²) in [5.41, 5.74) is 3.07. The quantitative estimate of drug-likeness (QED) is 0.604. The summed E-state index contributed by atoms with van der Waals surface area (Å²) in [5.74, 6) is 0. The molecule has 0 amide bonds. The van der Waals surface area contributed by atoms with Gasteiger partial charge in [-0.15, -0.1) is 0 Å². The summed E-state index contributed by atoms with van der Waals surface area (Å²) >= 11 is 9.33. The van der Waals surface area contributed by atoms with Gasteiger partial charge in [-0.05, 0) is 53.2 Å². The highest BCUT2D eigenvalue weighted by atomic mass is 79.9. The lowest BCUT2D eigenvalue weighted by Crippen LogP contribution is -2.12. The molecule has 0 atom stereocenters. The van der Waals surface area contributed by atoms with Crippen LogP contribution in [-0.4, -0.2) is 13.4 Å².